The number of fused-ring (bicyclic) bond motifs is 1. The lowest BCUT2D eigenvalue weighted by Gasteiger charge is -2.35. The zero-order valence-corrected chi connectivity index (χ0v) is 48.4. The van der Waals surface area contributed by atoms with Crippen molar-refractivity contribution in [2.75, 3.05) is 66.0 Å². The summed E-state index contributed by atoms with van der Waals surface area (Å²) in [6.07, 6.45) is 0.682. The molecule has 1 aliphatic rings. The second-order valence-electron chi connectivity index (χ2n) is 20.8. The van der Waals surface area contributed by atoms with E-state index in [2.05, 4.69) is 26.1 Å². The Morgan fingerprint density at radius 1 is 0.747 bits per heavy atom. The maximum atomic E-state index is 14.0. The number of hydrogen-bond acceptors (Lipinski definition) is 17. The maximum Gasteiger partial charge on any atom is 0.271 e. The average molecular weight is 1170 g/mol. The van der Waals surface area contributed by atoms with Crippen LogP contribution in [0.2, 0.25) is 0 Å². The standard InChI is InChI=1S/C62H68N6O13S2/c1-38(41-8-12-43(13-9-41)56-39(2)63-37-82-56)65-60(75)51-32-48(71)35-68(51)61(76)58(62(3,4)5)66-53(72)36-80-29-28-78-25-24-77-26-27-79-30-31-81-49-21-6-40(7-22-49)34-64-67-59(74)45-14-10-42(11-15-45)55(73)54-50-23-20-47(70)33-52(50)83-57(54)44-16-18-46(69)19-17-44/h6-23,33-34,37-38,48,51,58,69-71H,24-32,35-36H2,1-5H3,(H,65,75)(H,66,72)(H,67,74). The fourth-order valence-corrected chi connectivity index (χ4v) is 11.2. The number of hydrazone groups is 1. The Hall–Kier alpha value is -7.89. The summed E-state index contributed by atoms with van der Waals surface area (Å²) in [5.74, 6) is -1.25. The Bertz CT molecular complexity index is 3360. The minimum Gasteiger partial charge on any atom is -0.508 e. The third-order valence-electron chi connectivity index (χ3n) is 13.6. The van der Waals surface area contributed by atoms with Gasteiger partial charge in [0.2, 0.25) is 17.7 Å². The molecule has 0 aliphatic carbocycles. The molecule has 1 fully saturated rings. The van der Waals surface area contributed by atoms with Gasteiger partial charge in [-0.25, -0.2) is 10.4 Å². The molecule has 21 heteroatoms. The number of aromatic hydroxyl groups is 2. The van der Waals surface area contributed by atoms with Crippen molar-refractivity contribution < 1.29 is 63.0 Å². The van der Waals surface area contributed by atoms with Gasteiger partial charge in [0.1, 0.15) is 42.5 Å². The first-order chi connectivity index (χ1) is 39.9. The largest absolute Gasteiger partial charge is 0.508 e. The van der Waals surface area contributed by atoms with Crippen molar-refractivity contribution in [3.8, 4) is 38.1 Å². The van der Waals surface area contributed by atoms with Gasteiger partial charge < -0.3 is 54.5 Å². The van der Waals surface area contributed by atoms with Crippen molar-refractivity contribution >= 4 is 68.4 Å². The highest BCUT2D eigenvalue weighted by Gasteiger charge is 2.45. The fraction of sp³-hybridized carbons (Fsp3) is 0.339. The number of likely N-dealkylation sites (tertiary alicyclic amines) is 1. The van der Waals surface area contributed by atoms with E-state index < -0.39 is 41.3 Å². The Morgan fingerprint density at radius 2 is 1.35 bits per heavy atom. The topological polar surface area (TPSA) is 257 Å². The quantitative estimate of drug-likeness (QED) is 0.0123. The number of rotatable bonds is 27. The van der Waals surface area contributed by atoms with Crippen LogP contribution in [0, 0.1) is 12.3 Å². The Labute approximate surface area is 489 Å². The van der Waals surface area contributed by atoms with Gasteiger partial charge in [0.05, 0.1) is 80.7 Å². The summed E-state index contributed by atoms with van der Waals surface area (Å²) in [5.41, 5.74) is 9.09. The summed E-state index contributed by atoms with van der Waals surface area (Å²) in [5, 5.41) is 41.1. The van der Waals surface area contributed by atoms with Crippen LogP contribution < -0.4 is 20.8 Å². The Balaban J connectivity index is 0.657. The molecular formula is C62H68N6O13S2. The first kappa shape index (κ1) is 61.2. The smallest absolute Gasteiger partial charge is 0.271 e. The molecule has 8 rings (SSSR count). The summed E-state index contributed by atoms with van der Waals surface area (Å²) < 4.78 is 28.8. The molecule has 4 unspecified atom stereocenters. The molecule has 5 aromatic carbocycles. The number of benzene rings is 5. The number of thiophene rings is 1. The third-order valence-corrected chi connectivity index (χ3v) is 15.8. The molecule has 6 N–H and O–H groups in total. The molecule has 4 atom stereocenters. The molecule has 0 radical (unpaired) electrons. The molecule has 2 aromatic heterocycles. The molecule has 436 valence electrons. The lowest BCUT2D eigenvalue weighted by atomic mass is 9.85. The van der Waals surface area contributed by atoms with E-state index in [4.69, 9.17) is 23.7 Å². The van der Waals surface area contributed by atoms with Crippen LogP contribution >= 0.6 is 22.7 Å². The minimum absolute atomic E-state index is 0.0364. The highest BCUT2D eigenvalue weighted by atomic mass is 32.1. The average Bonchev–Trinajstić information content (AvgIpc) is 4.36. The zero-order chi connectivity index (χ0) is 59.0. The van der Waals surface area contributed by atoms with Crippen LogP contribution in [0.3, 0.4) is 0 Å². The third kappa shape index (κ3) is 16.7. The number of aliphatic hydroxyl groups is 1. The first-order valence-electron chi connectivity index (χ1n) is 27.1. The van der Waals surface area contributed by atoms with Crippen LogP contribution in [0.5, 0.6) is 17.2 Å². The van der Waals surface area contributed by atoms with Gasteiger partial charge in [-0.1, -0.05) is 57.2 Å². The number of carbonyl (C=O) groups excluding carboxylic acids is 5. The molecular weight excluding hydrogens is 1100 g/mol. The molecule has 4 amide bonds. The number of phenols is 2. The maximum absolute atomic E-state index is 14.0. The molecule has 7 aromatic rings. The molecule has 3 heterocycles. The molecule has 0 bridgehead atoms. The van der Waals surface area contributed by atoms with Crippen molar-refractivity contribution in [1.29, 1.82) is 0 Å². The van der Waals surface area contributed by atoms with E-state index in [0.717, 1.165) is 37.5 Å². The van der Waals surface area contributed by atoms with Crippen molar-refractivity contribution in [2.45, 2.75) is 65.3 Å². The van der Waals surface area contributed by atoms with Gasteiger partial charge in [0.25, 0.3) is 5.91 Å². The van der Waals surface area contributed by atoms with E-state index in [-0.39, 0.29) is 62.0 Å². The van der Waals surface area contributed by atoms with Crippen LogP contribution in [0.4, 0.5) is 0 Å². The number of phenolic OH excluding ortho intramolecular Hbond substituents is 2. The second-order valence-corrected chi connectivity index (χ2v) is 22.7. The van der Waals surface area contributed by atoms with Crippen LogP contribution in [0.1, 0.15) is 83.3 Å². The lowest BCUT2D eigenvalue weighted by Crippen LogP contribution is -2.58. The fourth-order valence-electron chi connectivity index (χ4n) is 9.19. The molecule has 1 aliphatic heterocycles. The Morgan fingerprint density at radius 3 is 1.99 bits per heavy atom. The van der Waals surface area contributed by atoms with E-state index in [0.29, 0.717) is 72.3 Å². The van der Waals surface area contributed by atoms with Gasteiger partial charge in [0.15, 0.2) is 5.78 Å². The van der Waals surface area contributed by atoms with Gasteiger partial charge in [-0.2, -0.15) is 5.10 Å². The number of carbonyl (C=O) groups is 5. The van der Waals surface area contributed by atoms with Gasteiger partial charge in [0, 0.05) is 44.6 Å². The van der Waals surface area contributed by atoms with E-state index in [1.807, 2.05) is 64.4 Å². The van der Waals surface area contributed by atoms with Crippen molar-refractivity contribution in [1.82, 2.24) is 25.9 Å². The number of hydrogen-bond donors (Lipinski definition) is 6. The number of ether oxygens (including phenoxy) is 5. The van der Waals surface area contributed by atoms with E-state index in [1.165, 1.54) is 28.5 Å². The summed E-state index contributed by atoms with van der Waals surface area (Å²) >= 11 is 2.93. The highest BCUT2D eigenvalue weighted by molar-refractivity contribution is 7.22. The molecule has 83 heavy (non-hydrogen) atoms. The van der Waals surface area contributed by atoms with E-state index in [1.54, 1.807) is 96.3 Å². The summed E-state index contributed by atoms with van der Waals surface area (Å²) in [4.78, 5) is 75.0. The monoisotopic (exact) mass is 1170 g/mol. The number of β-amino-alcohol motifs (C(OH)–C–C–N with tert-alkyl or cyclic N) is 1. The predicted molar refractivity (Wildman–Crippen MR) is 317 cm³/mol. The van der Waals surface area contributed by atoms with E-state index >= 15 is 0 Å². The number of ketones is 1. The van der Waals surface area contributed by atoms with Crippen LogP contribution in [-0.2, 0) is 33.3 Å². The number of aliphatic hydroxyl groups excluding tert-OH is 1. The van der Waals surface area contributed by atoms with Gasteiger partial charge >= 0.3 is 0 Å². The second kappa shape index (κ2) is 28.9. The minimum atomic E-state index is -0.990. The van der Waals surface area contributed by atoms with Gasteiger partial charge in [-0.3, -0.25) is 24.0 Å². The molecule has 19 nitrogen and oxygen atoms in total. The molecule has 0 saturated carbocycles. The van der Waals surface area contributed by atoms with Crippen molar-refractivity contribution in [3.63, 3.8) is 0 Å². The Kier molecular flexibility index (Phi) is 21.3. The zero-order valence-electron chi connectivity index (χ0n) is 46.8. The highest BCUT2D eigenvalue weighted by Crippen LogP contribution is 2.42. The number of amides is 4. The summed E-state index contributed by atoms with van der Waals surface area (Å²) in [6.45, 7) is 11.2. The normalized spacial score (nSPS) is 15.1. The molecule has 0 spiro atoms. The van der Waals surface area contributed by atoms with Crippen LogP contribution in [0.25, 0.3) is 31.0 Å². The van der Waals surface area contributed by atoms with Gasteiger partial charge in [-0.05, 0) is 120 Å². The number of nitrogens with zero attached hydrogens (tertiary/aromatic N) is 3. The first-order valence-corrected chi connectivity index (χ1v) is 28.8. The lowest BCUT2D eigenvalue weighted by molar-refractivity contribution is -0.144. The summed E-state index contributed by atoms with van der Waals surface area (Å²) in [6, 6.07) is 30.5. The SMILES string of the molecule is Cc1ncsc1-c1ccc(C(C)NC(=O)C2CC(O)CN2C(=O)C(NC(=O)COCCOCCOCCOCCOc2ccc(C=NNC(=O)c3ccc(C(=O)c4c(-c5ccc(O)cc5)sc5cc(O)ccc45)cc3)cc2)C(C)(C)C)cc1. The predicted octanol–water partition coefficient (Wildman–Crippen LogP) is 8.22. The molecule has 1 saturated heterocycles. The number of nitrogens with one attached hydrogen (secondary N) is 3. The number of thiazole rings is 1. The number of aryl methyl sites for hydroxylation is 1. The van der Waals surface area contributed by atoms with E-state index in [9.17, 15) is 39.3 Å². The van der Waals surface area contributed by atoms with Crippen LogP contribution in [-0.4, -0.2) is 145 Å². The summed E-state index contributed by atoms with van der Waals surface area (Å²) in [7, 11) is 0. The van der Waals surface area contributed by atoms with Gasteiger partial charge in [-0.15, -0.1) is 22.7 Å². The number of aromatic nitrogens is 1. The van der Waals surface area contributed by atoms with Crippen LogP contribution in [0.15, 0.2) is 126 Å². The van der Waals surface area contributed by atoms with Crippen molar-refractivity contribution in [3.05, 3.63) is 154 Å². The van der Waals surface area contributed by atoms with Crippen molar-refractivity contribution in [2.24, 2.45) is 10.5 Å².